The van der Waals surface area contributed by atoms with Gasteiger partial charge < -0.3 is 15.1 Å². The van der Waals surface area contributed by atoms with E-state index in [4.69, 9.17) is 34.8 Å². The van der Waals surface area contributed by atoms with E-state index < -0.39 is 9.70 Å². The summed E-state index contributed by atoms with van der Waals surface area (Å²) in [5.41, 5.74) is 3.51. The number of aryl methyl sites for hydroxylation is 1. The van der Waals surface area contributed by atoms with Gasteiger partial charge in [0, 0.05) is 43.1 Å². The van der Waals surface area contributed by atoms with Crippen molar-refractivity contribution in [3.63, 3.8) is 0 Å². The summed E-state index contributed by atoms with van der Waals surface area (Å²) in [6.07, 6.45) is 0.958. The van der Waals surface area contributed by atoms with E-state index in [1.54, 1.807) is 12.1 Å². The molecule has 1 aliphatic heterocycles. The van der Waals surface area contributed by atoms with E-state index in [1.165, 1.54) is 5.56 Å². The maximum atomic E-state index is 12.7. The van der Waals surface area contributed by atoms with Crippen LogP contribution < -0.4 is 10.2 Å². The Hall–Kier alpha value is -1.95. The maximum Gasteiger partial charge on any atom is 0.276 e. The number of amides is 2. The Morgan fingerprint density at radius 1 is 0.931 bits per heavy atom. The molecule has 1 saturated heterocycles. The number of piperazine rings is 1. The summed E-state index contributed by atoms with van der Waals surface area (Å²) in [5, 5.41) is 2.55. The largest absolute Gasteiger partial charge is 0.368 e. The van der Waals surface area contributed by atoms with Crippen LogP contribution in [0.4, 0.5) is 11.4 Å². The predicted octanol–water partition coefficient (Wildman–Crippen LogP) is 4.52. The van der Waals surface area contributed by atoms with E-state index >= 15 is 0 Å². The second-order valence-corrected chi connectivity index (χ2v) is 9.11. The number of nitrogens with zero attached hydrogens (tertiary/aromatic N) is 2. The lowest BCUT2D eigenvalue weighted by atomic mass is 10.1. The summed E-state index contributed by atoms with van der Waals surface area (Å²) >= 11 is 16.7. The fourth-order valence-corrected chi connectivity index (χ4v) is 3.33. The summed E-state index contributed by atoms with van der Waals surface area (Å²) in [4.78, 5) is 28.5. The summed E-state index contributed by atoms with van der Waals surface area (Å²) in [6.45, 7) is 4.87. The van der Waals surface area contributed by atoms with E-state index in [9.17, 15) is 9.59 Å². The van der Waals surface area contributed by atoms with Gasteiger partial charge in [0.15, 0.2) is 0 Å². The minimum atomic E-state index is -2.00. The van der Waals surface area contributed by atoms with E-state index in [0.717, 1.165) is 30.8 Å². The van der Waals surface area contributed by atoms with Gasteiger partial charge in [0.25, 0.3) is 15.6 Å². The van der Waals surface area contributed by atoms with Crippen molar-refractivity contribution in [1.82, 2.24) is 4.90 Å². The normalized spacial score (nSPS) is 14.6. The molecule has 0 aromatic heterocycles. The first kappa shape index (κ1) is 21.8. The van der Waals surface area contributed by atoms with Crippen LogP contribution in [-0.4, -0.2) is 46.7 Å². The standard InChI is InChI=1S/C21H22Cl3N3O2/c1-2-15-3-5-16(6-4-15)19(28)27-13-11-26(12-14-27)18-9-7-17(8-10-18)25-20(29)21(22,23)24/h3-10H,2,11-14H2,1H3,(H,25,29). The fraction of sp³-hybridized carbons (Fsp3) is 0.333. The van der Waals surface area contributed by atoms with E-state index in [2.05, 4.69) is 17.1 Å². The molecule has 1 aliphatic rings. The first-order chi connectivity index (χ1) is 13.8. The molecule has 0 saturated carbocycles. The van der Waals surface area contributed by atoms with Gasteiger partial charge in [-0.25, -0.2) is 0 Å². The van der Waals surface area contributed by atoms with Gasteiger partial charge in [-0.2, -0.15) is 0 Å². The first-order valence-electron chi connectivity index (χ1n) is 9.39. The highest BCUT2D eigenvalue weighted by atomic mass is 35.6. The Kier molecular flexibility index (Phi) is 6.93. The minimum absolute atomic E-state index is 0.0667. The molecule has 2 aromatic carbocycles. The Balaban J connectivity index is 1.56. The minimum Gasteiger partial charge on any atom is -0.368 e. The lowest BCUT2D eigenvalue weighted by molar-refractivity contribution is -0.115. The van der Waals surface area contributed by atoms with Crippen LogP contribution in [0.3, 0.4) is 0 Å². The lowest BCUT2D eigenvalue weighted by Crippen LogP contribution is -2.48. The molecular weight excluding hydrogens is 433 g/mol. The van der Waals surface area contributed by atoms with Crippen molar-refractivity contribution in [1.29, 1.82) is 0 Å². The summed E-state index contributed by atoms with van der Waals surface area (Å²) < 4.78 is -2.00. The molecular formula is C21H22Cl3N3O2. The van der Waals surface area contributed by atoms with Crippen molar-refractivity contribution < 1.29 is 9.59 Å². The SMILES string of the molecule is CCc1ccc(C(=O)N2CCN(c3ccc(NC(=O)C(Cl)(Cl)Cl)cc3)CC2)cc1. The number of hydrogen-bond acceptors (Lipinski definition) is 3. The van der Waals surface area contributed by atoms with Crippen molar-refractivity contribution in [3.05, 3.63) is 59.7 Å². The monoisotopic (exact) mass is 453 g/mol. The Morgan fingerprint density at radius 2 is 1.52 bits per heavy atom. The van der Waals surface area contributed by atoms with Crippen molar-refractivity contribution in [2.24, 2.45) is 0 Å². The molecule has 0 bridgehead atoms. The molecule has 5 nitrogen and oxygen atoms in total. The van der Waals surface area contributed by atoms with Crippen LogP contribution >= 0.6 is 34.8 Å². The molecule has 0 aliphatic carbocycles. The van der Waals surface area contributed by atoms with Crippen molar-refractivity contribution in [2.45, 2.75) is 17.1 Å². The second-order valence-electron chi connectivity index (χ2n) is 6.83. The highest BCUT2D eigenvalue weighted by Crippen LogP contribution is 2.28. The van der Waals surface area contributed by atoms with E-state index in [1.807, 2.05) is 41.3 Å². The molecule has 154 valence electrons. The molecule has 1 N–H and O–H groups in total. The summed E-state index contributed by atoms with van der Waals surface area (Å²) in [7, 11) is 0. The zero-order valence-electron chi connectivity index (χ0n) is 16.0. The van der Waals surface area contributed by atoms with Crippen LogP contribution in [0.15, 0.2) is 48.5 Å². The Bertz CT molecular complexity index is 856. The van der Waals surface area contributed by atoms with Gasteiger partial charge in [-0.3, -0.25) is 9.59 Å². The topological polar surface area (TPSA) is 52.7 Å². The number of alkyl halides is 3. The van der Waals surface area contributed by atoms with Crippen molar-refractivity contribution >= 4 is 58.0 Å². The van der Waals surface area contributed by atoms with Crippen molar-refractivity contribution in [3.8, 4) is 0 Å². The third-order valence-electron chi connectivity index (χ3n) is 4.92. The molecule has 29 heavy (non-hydrogen) atoms. The molecule has 0 atom stereocenters. The zero-order valence-corrected chi connectivity index (χ0v) is 18.3. The van der Waals surface area contributed by atoms with E-state index in [0.29, 0.717) is 18.8 Å². The van der Waals surface area contributed by atoms with Gasteiger partial charge in [-0.05, 0) is 48.4 Å². The number of carbonyl (C=O) groups excluding carboxylic acids is 2. The van der Waals surface area contributed by atoms with Gasteiger partial charge in [0.05, 0.1) is 0 Å². The molecule has 1 heterocycles. The van der Waals surface area contributed by atoms with Crippen LogP contribution in [0.2, 0.25) is 0 Å². The number of anilines is 2. The molecule has 2 aromatic rings. The Morgan fingerprint density at radius 3 is 2.03 bits per heavy atom. The molecule has 8 heteroatoms. The number of halogens is 3. The van der Waals surface area contributed by atoms with Crippen LogP contribution in [0.1, 0.15) is 22.8 Å². The number of rotatable bonds is 4. The number of nitrogens with one attached hydrogen (secondary N) is 1. The average Bonchev–Trinajstić information content (AvgIpc) is 2.73. The lowest BCUT2D eigenvalue weighted by Gasteiger charge is -2.36. The highest BCUT2D eigenvalue weighted by molar-refractivity contribution is 6.76. The number of hydrogen-bond donors (Lipinski definition) is 1. The van der Waals surface area contributed by atoms with Crippen LogP contribution in [0.5, 0.6) is 0 Å². The third-order valence-corrected chi connectivity index (χ3v) is 5.44. The van der Waals surface area contributed by atoms with Crippen LogP contribution in [0, 0.1) is 0 Å². The molecule has 2 amide bonds. The highest BCUT2D eigenvalue weighted by Gasteiger charge is 2.30. The quantitative estimate of drug-likeness (QED) is 0.691. The molecule has 0 spiro atoms. The first-order valence-corrected chi connectivity index (χ1v) is 10.5. The van der Waals surface area contributed by atoms with Gasteiger partial charge >= 0.3 is 0 Å². The third kappa shape index (κ3) is 5.56. The average molecular weight is 455 g/mol. The fourth-order valence-electron chi connectivity index (χ4n) is 3.19. The second kappa shape index (κ2) is 9.24. The van der Waals surface area contributed by atoms with Gasteiger partial charge in [-0.1, -0.05) is 53.9 Å². The molecule has 1 fully saturated rings. The summed E-state index contributed by atoms with van der Waals surface area (Å²) in [6, 6.07) is 15.1. The van der Waals surface area contributed by atoms with Gasteiger partial charge in [0.1, 0.15) is 0 Å². The van der Waals surface area contributed by atoms with Gasteiger partial charge in [-0.15, -0.1) is 0 Å². The predicted molar refractivity (Wildman–Crippen MR) is 119 cm³/mol. The van der Waals surface area contributed by atoms with Crippen LogP contribution in [0.25, 0.3) is 0 Å². The van der Waals surface area contributed by atoms with Crippen LogP contribution in [-0.2, 0) is 11.2 Å². The zero-order chi connectivity index (χ0) is 21.0. The number of benzene rings is 2. The number of carbonyl (C=O) groups is 2. The molecule has 3 rings (SSSR count). The van der Waals surface area contributed by atoms with E-state index in [-0.39, 0.29) is 5.91 Å². The maximum absolute atomic E-state index is 12.7. The Labute approximate surface area is 185 Å². The summed E-state index contributed by atoms with van der Waals surface area (Å²) in [5.74, 6) is -0.633. The van der Waals surface area contributed by atoms with Gasteiger partial charge in [0.2, 0.25) is 0 Å². The molecule has 0 radical (unpaired) electrons. The smallest absolute Gasteiger partial charge is 0.276 e. The van der Waals surface area contributed by atoms with Crippen molar-refractivity contribution in [2.75, 3.05) is 36.4 Å². The molecule has 0 unspecified atom stereocenters.